The first-order valence-corrected chi connectivity index (χ1v) is 17.5. The fourth-order valence-corrected chi connectivity index (χ4v) is 7.36. The van der Waals surface area contributed by atoms with Crippen molar-refractivity contribution in [1.82, 2.24) is 29.3 Å². The summed E-state index contributed by atoms with van der Waals surface area (Å²) in [6, 6.07) is 16.2. The molecule has 1 unspecified atom stereocenters. The van der Waals surface area contributed by atoms with Gasteiger partial charge in [0.2, 0.25) is 0 Å². The van der Waals surface area contributed by atoms with Crippen LogP contribution in [-0.4, -0.2) is 86.4 Å². The normalized spacial score (nSPS) is 17.4. The van der Waals surface area contributed by atoms with Crippen molar-refractivity contribution in [3.05, 3.63) is 89.5 Å². The average Bonchev–Trinajstić information content (AvgIpc) is 3.63. The topological polar surface area (TPSA) is 127 Å². The monoisotopic (exact) mass is 702 g/mol. The van der Waals surface area contributed by atoms with Gasteiger partial charge in [-0.05, 0) is 62.7 Å². The molecule has 1 N–H and O–H groups in total. The van der Waals surface area contributed by atoms with E-state index in [0.717, 1.165) is 58.3 Å². The number of anilines is 3. The van der Waals surface area contributed by atoms with Crippen LogP contribution in [0.1, 0.15) is 48.0 Å². The SMILES string of the molecule is COc1ccc(CN2Cc3nc(Nc4cnc(-c5ccnc6c5ccn6C)c5c4C(=O)N(C(=O)OC(C)(C)C)C5)ccc3N3CCOCC3C2)cc1. The van der Waals surface area contributed by atoms with Gasteiger partial charge in [-0.25, -0.2) is 19.7 Å². The minimum Gasteiger partial charge on any atom is -0.497 e. The highest BCUT2D eigenvalue weighted by atomic mass is 16.6. The molecular formula is C39H42N8O5. The summed E-state index contributed by atoms with van der Waals surface area (Å²) < 4.78 is 18.9. The molecule has 0 aliphatic carbocycles. The number of ether oxygens (including phenoxy) is 3. The van der Waals surface area contributed by atoms with E-state index in [4.69, 9.17) is 24.2 Å². The number of rotatable bonds is 6. The Hall–Kier alpha value is -5.53. The van der Waals surface area contributed by atoms with Crippen LogP contribution in [0.2, 0.25) is 0 Å². The molecule has 5 aromatic rings. The number of aromatic nitrogens is 4. The number of pyridine rings is 3. The zero-order valence-electron chi connectivity index (χ0n) is 30.0. The molecular weight excluding hydrogens is 660 g/mol. The van der Waals surface area contributed by atoms with E-state index in [-0.39, 0.29) is 12.6 Å². The van der Waals surface area contributed by atoms with Crippen LogP contribution in [0.4, 0.5) is 22.0 Å². The lowest BCUT2D eigenvalue weighted by atomic mass is 10.0. The van der Waals surface area contributed by atoms with Crippen LogP contribution in [0.3, 0.4) is 0 Å². The first-order valence-electron chi connectivity index (χ1n) is 17.5. The number of fused-ring (bicyclic) bond motifs is 5. The lowest BCUT2D eigenvalue weighted by Gasteiger charge is -2.37. The van der Waals surface area contributed by atoms with E-state index in [1.807, 2.05) is 48.1 Å². The molecule has 268 valence electrons. The number of methoxy groups -OCH3 is 1. The minimum absolute atomic E-state index is 0.0218. The second-order valence-corrected chi connectivity index (χ2v) is 14.5. The number of nitrogens with one attached hydrogen (secondary N) is 1. The molecule has 1 atom stereocenters. The Labute approximate surface area is 302 Å². The predicted molar refractivity (Wildman–Crippen MR) is 197 cm³/mol. The highest BCUT2D eigenvalue weighted by molar-refractivity contribution is 6.12. The molecule has 4 aromatic heterocycles. The number of hydrogen-bond donors (Lipinski definition) is 1. The Morgan fingerprint density at radius 3 is 2.67 bits per heavy atom. The third-order valence-corrected chi connectivity index (χ3v) is 9.75. The quantitative estimate of drug-likeness (QED) is 0.228. The van der Waals surface area contributed by atoms with Crippen molar-refractivity contribution in [2.24, 2.45) is 7.05 Å². The Morgan fingerprint density at radius 1 is 1.06 bits per heavy atom. The van der Waals surface area contributed by atoms with Gasteiger partial charge >= 0.3 is 6.09 Å². The van der Waals surface area contributed by atoms with Crippen LogP contribution >= 0.6 is 0 Å². The van der Waals surface area contributed by atoms with Gasteiger partial charge in [-0.2, -0.15) is 0 Å². The number of amides is 2. The average molecular weight is 703 g/mol. The number of nitrogens with zero attached hydrogens (tertiary/aromatic N) is 7. The van der Waals surface area contributed by atoms with Crippen molar-refractivity contribution in [3.63, 3.8) is 0 Å². The van der Waals surface area contributed by atoms with Crippen LogP contribution in [0.15, 0.2) is 67.1 Å². The number of benzene rings is 1. The van der Waals surface area contributed by atoms with Gasteiger partial charge in [-0.3, -0.25) is 14.7 Å². The van der Waals surface area contributed by atoms with Crippen LogP contribution < -0.4 is 15.0 Å². The summed E-state index contributed by atoms with van der Waals surface area (Å²) in [5, 5.41) is 4.32. The zero-order chi connectivity index (χ0) is 36.1. The summed E-state index contributed by atoms with van der Waals surface area (Å²) in [4.78, 5) is 48.1. The van der Waals surface area contributed by atoms with E-state index in [0.29, 0.717) is 48.1 Å². The highest BCUT2D eigenvalue weighted by Crippen LogP contribution is 2.40. The molecule has 0 saturated carbocycles. The number of morpholine rings is 1. The van der Waals surface area contributed by atoms with Crippen molar-refractivity contribution >= 4 is 40.2 Å². The van der Waals surface area contributed by atoms with Gasteiger partial charge in [0, 0.05) is 62.1 Å². The van der Waals surface area contributed by atoms with Gasteiger partial charge in [0.1, 0.15) is 22.8 Å². The van der Waals surface area contributed by atoms with E-state index >= 15 is 0 Å². The standard InChI is InChI=1S/C39H42N8O5/c1-39(2,3)52-38(49)47-21-29-34(37(47)48)30(18-41-35(29)27-12-14-40-36-28(27)13-15-44(36)4)42-33-11-10-32-31(43-33)22-45(20-25-23-51-17-16-46(25)32)19-24-6-8-26(50-5)9-7-24/h6-15,18,25H,16-17,19-23H2,1-5H3,(H,42,43). The number of carbonyl (C=O) groups excluding carboxylic acids is 2. The van der Waals surface area contributed by atoms with Crippen LogP contribution in [-0.2, 0) is 36.2 Å². The molecule has 2 amide bonds. The van der Waals surface area contributed by atoms with Gasteiger partial charge in [0.25, 0.3) is 5.91 Å². The van der Waals surface area contributed by atoms with Gasteiger partial charge < -0.3 is 29.0 Å². The molecule has 52 heavy (non-hydrogen) atoms. The zero-order valence-corrected chi connectivity index (χ0v) is 30.0. The first-order chi connectivity index (χ1) is 25.1. The molecule has 13 nitrogen and oxygen atoms in total. The van der Waals surface area contributed by atoms with Gasteiger partial charge in [0.15, 0.2) is 0 Å². The third-order valence-electron chi connectivity index (χ3n) is 9.75. The summed E-state index contributed by atoms with van der Waals surface area (Å²) in [6.45, 7) is 9.63. The predicted octanol–water partition coefficient (Wildman–Crippen LogP) is 5.89. The van der Waals surface area contributed by atoms with E-state index in [1.165, 1.54) is 5.56 Å². The third kappa shape index (κ3) is 6.30. The minimum atomic E-state index is -0.776. The maximum absolute atomic E-state index is 14.2. The van der Waals surface area contributed by atoms with Crippen LogP contribution in [0, 0.1) is 0 Å². The fourth-order valence-electron chi connectivity index (χ4n) is 7.36. The number of hydrogen-bond acceptors (Lipinski definition) is 11. The largest absolute Gasteiger partial charge is 0.497 e. The molecule has 3 aliphatic heterocycles. The van der Waals surface area contributed by atoms with Gasteiger partial charge in [-0.1, -0.05) is 12.1 Å². The van der Waals surface area contributed by atoms with E-state index in [1.54, 1.807) is 40.3 Å². The molecule has 0 radical (unpaired) electrons. The summed E-state index contributed by atoms with van der Waals surface area (Å²) >= 11 is 0. The molecule has 1 fully saturated rings. The van der Waals surface area contributed by atoms with Gasteiger partial charge in [0.05, 0.1) is 67.4 Å². The number of imide groups is 1. The molecule has 1 saturated heterocycles. The molecule has 7 heterocycles. The first kappa shape index (κ1) is 33.6. The maximum atomic E-state index is 14.2. The van der Waals surface area contributed by atoms with Crippen LogP contribution in [0.25, 0.3) is 22.3 Å². The Bertz CT molecular complexity index is 2180. The molecule has 1 aromatic carbocycles. The lowest BCUT2D eigenvalue weighted by molar-refractivity contribution is 0.0248. The number of aryl methyl sites for hydroxylation is 1. The Kier molecular flexibility index (Phi) is 8.54. The molecule has 3 aliphatic rings. The molecule has 13 heteroatoms. The maximum Gasteiger partial charge on any atom is 0.417 e. The summed E-state index contributed by atoms with van der Waals surface area (Å²) in [5.41, 5.74) is 6.10. The van der Waals surface area contributed by atoms with Crippen molar-refractivity contribution in [2.75, 3.05) is 43.6 Å². The molecule has 8 rings (SSSR count). The van der Waals surface area contributed by atoms with Gasteiger partial charge in [-0.15, -0.1) is 0 Å². The number of carbonyl (C=O) groups is 2. The highest BCUT2D eigenvalue weighted by Gasteiger charge is 2.40. The second kappa shape index (κ2) is 13.2. The molecule has 0 spiro atoms. The van der Waals surface area contributed by atoms with E-state index in [2.05, 4.69) is 38.3 Å². The van der Waals surface area contributed by atoms with Crippen molar-refractivity contribution in [1.29, 1.82) is 0 Å². The lowest BCUT2D eigenvalue weighted by Crippen LogP contribution is -2.49. The van der Waals surface area contributed by atoms with E-state index < -0.39 is 17.6 Å². The van der Waals surface area contributed by atoms with Crippen molar-refractivity contribution in [3.8, 4) is 17.0 Å². The second-order valence-electron chi connectivity index (χ2n) is 14.5. The summed E-state index contributed by atoms with van der Waals surface area (Å²) in [6.07, 6.45) is 4.62. The van der Waals surface area contributed by atoms with Crippen molar-refractivity contribution < 1.29 is 23.8 Å². The Morgan fingerprint density at radius 2 is 1.88 bits per heavy atom. The smallest absolute Gasteiger partial charge is 0.417 e. The summed E-state index contributed by atoms with van der Waals surface area (Å²) in [5.74, 6) is 0.944. The summed E-state index contributed by atoms with van der Waals surface area (Å²) in [7, 11) is 3.60. The van der Waals surface area contributed by atoms with Crippen molar-refractivity contribution in [2.45, 2.75) is 52.0 Å². The van der Waals surface area contributed by atoms with Crippen LogP contribution in [0.5, 0.6) is 5.75 Å². The fraction of sp³-hybridized carbons (Fsp3) is 0.359. The molecule has 0 bridgehead atoms. The van der Waals surface area contributed by atoms with E-state index in [9.17, 15) is 9.59 Å². The Balaban J connectivity index is 1.16.